The predicted molar refractivity (Wildman–Crippen MR) is 51.5 cm³/mol. The van der Waals surface area contributed by atoms with E-state index in [0.29, 0.717) is 5.56 Å². The first-order chi connectivity index (χ1) is 6.56. The summed E-state index contributed by atoms with van der Waals surface area (Å²) in [5.74, 6) is -1.04. The lowest BCUT2D eigenvalue weighted by atomic mass is 10.2. The Morgan fingerprint density at radius 2 is 2.14 bits per heavy atom. The van der Waals surface area contributed by atoms with Crippen LogP contribution in [0, 0.1) is 0 Å². The number of aliphatic carboxylic acids is 1. The minimum absolute atomic E-state index is 0.113. The van der Waals surface area contributed by atoms with E-state index in [9.17, 15) is 4.79 Å². The molecule has 76 valence electrons. The topological polar surface area (TPSA) is 70.4 Å². The normalized spacial score (nSPS) is 10.2. The minimum atomic E-state index is -1.04. The second-order valence-corrected chi connectivity index (χ2v) is 3.36. The van der Waals surface area contributed by atoms with Crippen LogP contribution >= 0.6 is 23.2 Å². The number of halogens is 2. The standard InChI is InChI=1S/C8H7Cl2NO3/c9-5-2-11-6(1-7(13)14)8(10)4(5)3-12/h2,12H,1,3H2,(H,13,14). The Morgan fingerprint density at radius 3 is 2.64 bits per heavy atom. The van der Waals surface area contributed by atoms with Crippen molar-refractivity contribution >= 4 is 29.2 Å². The molecule has 14 heavy (non-hydrogen) atoms. The maximum atomic E-state index is 10.4. The van der Waals surface area contributed by atoms with Gasteiger partial charge in [0.2, 0.25) is 0 Å². The van der Waals surface area contributed by atoms with E-state index in [-0.39, 0.29) is 28.8 Å². The number of rotatable bonds is 3. The third kappa shape index (κ3) is 2.35. The molecule has 0 radical (unpaired) electrons. The third-order valence-electron chi connectivity index (χ3n) is 1.62. The molecule has 1 aromatic heterocycles. The smallest absolute Gasteiger partial charge is 0.309 e. The SMILES string of the molecule is O=C(O)Cc1ncc(Cl)c(CO)c1Cl. The summed E-state index contributed by atoms with van der Waals surface area (Å²) in [6.45, 7) is -0.340. The van der Waals surface area contributed by atoms with Crippen molar-refractivity contribution in [3.05, 3.63) is 27.5 Å². The van der Waals surface area contributed by atoms with Crippen molar-refractivity contribution in [1.82, 2.24) is 4.98 Å². The molecule has 0 spiro atoms. The average molecular weight is 236 g/mol. The van der Waals surface area contributed by atoms with Gasteiger partial charge in [0.25, 0.3) is 0 Å². The van der Waals surface area contributed by atoms with E-state index in [1.165, 1.54) is 6.20 Å². The van der Waals surface area contributed by atoms with Crippen molar-refractivity contribution < 1.29 is 15.0 Å². The van der Waals surface area contributed by atoms with Gasteiger partial charge in [0.15, 0.2) is 0 Å². The van der Waals surface area contributed by atoms with Crippen molar-refractivity contribution in [3.8, 4) is 0 Å². The molecule has 0 amide bonds. The molecule has 2 N–H and O–H groups in total. The van der Waals surface area contributed by atoms with Gasteiger partial charge >= 0.3 is 5.97 Å². The molecule has 1 heterocycles. The number of nitrogens with zero attached hydrogens (tertiary/aromatic N) is 1. The van der Waals surface area contributed by atoms with E-state index in [4.69, 9.17) is 33.4 Å². The van der Waals surface area contributed by atoms with E-state index in [1.54, 1.807) is 0 Å². The molecule has 0 atom stereocenters. The lowest BCUT2D eigenvalue weighted by Gasteiger charge is -2.06. The first-order valence-electron chi connectivity index (χ1n) is 3.70. The van der Waals surface area contributed by atoms with Gasteiger partial charge in [-0.2, -0.15) is 0 Å². The molecule has 4 nitrogen and oxygen atoms in total. The summed E-state index contributed by atoms with van der Waals surface area (Å²) in [5.41, 5.74) is 0.507. The summed E-state index contributed by atoms with van der Waals surface area (Å²) in [6, 6.07) is 0. The Bertz CT molecular complexity index is 368. The highest BCUT2D eigenvalue weighted by atomic mass is 35.5. The fourth-order valence-electron chi connectivity index (χ4n) is 0.960. The third-order valence-corrected chi connectivity index (χ3v) is 2.39. The van der Waals surface area contributed by atoms with Crippen LogP contribution in [-0.4, -0.2) is 21.2 Å². The molecule has 1 rings (SSSR count). The van der Waals surface area contributed by atoms with E-state index in [2.05, 4.69) is 4.98 Å². The highest BCUT2D eigenvalue weighted by molar-refractivity contribution is 6.36. The van der Waals surface area contributed by atoms with Crippen LogP contribution in [0.1, 0.15) is 11.3 Å². The number of aliphatic hydroxyl groups is 1. The molecule has 0 aliphatic carbocycles. The van der Waals surface area contributed by atoms with Gasteiger partial charge in [-0.15, -0.1) is 0 Å². The summed E-state index contributed by atoms with van der Waals surface area (Å²) in [5, 5.41) is 17.8. The Labute approximate surface area is 90.1 Å². The lowest BCUT2D eigenvalue weighted by molar-refractivity contribution is -0.136. The number of carboxylic acid groups (broad SMARTS) is 1. The summed E-state index contributed by atoms with van der Waals surface area (Å²) in [6.07, 6.45) is 0.986. The molecule has 0 aliphatic heterocycles. The van der Waals surface area contributed by atoms with Gasteiger partial charge in [-0.25, -0.2) is 0 Å². The van der Waals surface area contributed by atoms with Crippen LogP contribution in [0.3, 0.4) is 0 Å². The number of carbonyl (C=O) groups is 1. The molecule has 0 bridgehead atoms. The molecule has 0 fully saturated rings. The summed E-state index contributed by atoms with van der Waals surface area (Å²) in [4.78, 5) is 14.2. The van der Waals surface area contributed by atoms with Crippen LogP contribution < -0.4 is 0 Å². The van der Waals surface area contributed by atoms with Crippen LogP contribution in [0.2, 0.25) is 10.0 Å². The van der Waals surface area contributed by atoms with E-state index in [1.807, 2.05) is 0 Å². The highest BCUT2D eigenvalue weighted by Crippen LogP contribution is 2.26. The Hall–Kier alpha value is -0.840. The number of hydrogen-bond acceptors (Lipinski definition) is 3. The van der Waals surface area contributed by atoms with Gasteiger partial charge in [0.1, 0.15) is 0 Å². The Balaban J connectivity index is 3.14. The highest BCUT2D eigenvalue weighted by Gasteiger charge is 2.13. The van der Waals surface area contributed by atoms with Gasteiger partial charge in [0.05, 0.1) is 28.8 Å². The first-order valence-corrected chi connectivity index (χ1v) is 4.46. The van der Waals surface area contributed by atoms with Crippen LogP contribution in [0.5, 0.6) is 0 Å². The molecule has 1 aromatic rings. The monoisotopic (exact) mass is 235 g/mol. The number of carboxylic acids is 1. The van der Waals surface area contributed by atoms with Crippen LogP contribution in [-0.2, 0) is 17.8 Å². The number of aromatic nitrogens is 1. The summed E-state index contributed by atoms with van der Waals surface area (Å²) in [7, 11) is 0. The van der Waals surface area contributed by atoms with Gasteiger partial charge in [0, 0.05) is 11.8 Å². The van der Waals surface area contributed by atoms with Crippen molar-refractivity contribution in [2.24, 2.45) is 0 Å². The second kappa shape index (κ2) is 4.59. The molecule has 0 saturated carbocycles. The molecular formula is C8H7Cl2NO3. The molecular weight excluding hydrogens is 229 g/mol. The van der Waals surface area contributed by atoms with Crippen LogP contribution in [0.15, 0.2) is 6.20 Å². The van der Waals surface area contributed by atoms with Crippen molar-refractivity contribution in [1.29, 1.82) is 0 Å². The van der Waals surface area contributed by atoms with Crippen molar-refractivity contribution in [3.63, 3.8) is 0 Å². The van der Waals surface area contributed by atoms with Crippen LogP contribution in [0.4, 0.5) is 0 Å². The molecule has 0 aliphatic rings. The number of hydrogen-bond donors (Lipinski definition) is 2. The zero-order chi connectivity index (χ0) is 10.7. The molecule has 6 heteroatoms. The van der Waals surface area contributed by atoms with Crippen LogP contribution in [0.25, 0.3) is 0 Å². The predicted octanol–water partition coefficient (Wildman–Crippen LogP) is 1.51. The van der Waals surface area contributed by atoms with Crippen molar-refractivity contribution in [2.75, 3.05) is 0 Å². The second-order valence-electron chi connectivity index (χ2n) is 2.57. The maximum Gasteiger partial charge on any atom is 0.309 e. The molecule has 0 saturated heterocycles. The zero-order valence-electron chi connectivity index (χ0n) is 7.00. The first kappa shape index (κ1) is 11.2. The fourth-order valence-corrected chi connectivity index (χ4v) is 1.49. The quantitative estimate of drug-likeness (QED) is 0.834. The van der Waals surface area contributed by atoms with Gasteiger partial charge in [-0.1, -0.05) is 23.2 Å². The van der Waals surface area contributed by atoms with Gasteiger partial charge < -0.3 is 10.2 Å². The van der Waals surface area contributed by atoms with Crippen molar-refractivity contribution in [2.45, 2.75) is 13.0 Å². The maximum absolute atomic E-state index is 10.4. The fraction of sp³-hybridized carbons (Fsp3) is 0.250. The average Bonchev–Trinajstić information content (AvgIpc) is 2.10. The number of pyridine rings is 1. The summed E-state index contributed by atoms with van der Waals surface area (Å²) >= 11 is 11.5. The molecule has 0 aromatic carbocycles. The van der Waals surface area contributed by atoms with E-state index >= 15 is 0 Å². The van der Waals surface area contributed by atoms with Gasteiger partial charge in [-0.3, -0.25) is 9.78 Å². The minimum Gasteiger partial charge on any atom is -0.481 e. The number of aliphatic hydroxyl groups excluding tert-OH is 1. The summed E-state index contributed by atoms with van der Waals surface area (Å²) < 4.78 is 0. The zero-order valence-corrected chi connectivity index (χ0v) is 8.51. The Morgan fingerprint density at radius 1 is 1.50 bits per heavy atom. The molecule has 0 unspecified atom stereocenters. The van der Waals surface area contributed by atoms with E-state index < -0.39 is 5.97 Å². The Kier molecular flexibility index (Phi) is 3.69. The lowest BCUT2D eigenvalue weighted by Crippen LogP contribution is -2.05. The van der Waals surface area contributed by atoms with E-state index in [0.717, 1.165) is 0 Å². The largest absolute Gasteiger partial charge is 0.481 e. The van der Waals surface area contributed by atoms with Gasteiger partial charge in [-0.05, 0) is 0 Å².